The molecule has 3 heterocycles. The molecule has 0 radical (unpaired) electrons. The van der Waals surface area contributed by atoms with Crippen LogP contribution in [0.15, 0.2) is 61.1 Å². The predicted molar refractivity (Wildman–Crippen MR) is 124 cm³/mol. The van der Waals surface area contributed by atoms with Crippen LogP contribution in [-0.4, -0.2) is 25.5 Å². The number of nitrogens with zero attached hydrogens (tertiary/aromatic N) is 4. The van der Waals surface area contributed by atoms with E-state index in [1.54, 1.807) is 41.2 Å². The van der Waals surface area contributed by atoms with E-state index in [0.29, 0.717) is 17.3 Å². The monoisotopic (exact) mass is 421 g/mol. The topological polar surface area (TPSA) is 72.2 Å². The van der Waals surface area contributed by atoms with Gasteiger partial charge in [0.2, 0.25) is 0 Å². The van der Waals surface area contributed by atoms with Crippen molar-refractivity contribution >= 4 is 17.4 Å². The molecule has 0 spiro atoms. The fraction of sp³-hybridized carbons (Fsp3) is 0.231. The van der Waals surface area contributed by atoms with Gasteiger partial charge in [0, 0.05) is 17.3 Å². The molecule has 1 fully saturated rings. The maximum Gasteiger partial charge on any atom is 0.256 e. The third-order valence-electron chi connectivity index (χ3n) is 5.94. The van der Waals surface area contributed by atoms with E-state index < -0.39 is 0 Å². The highest BCUT2D eigenvalue weighted by molar-refractivity contribution is 6.04. The zero-order valence-corrected chi connectivity index (χ0v) is 17.9. The Labute approximate surface area is 186 Å². The van der Waals surface area contributed by atoms with Gasteiger partial charge in [0.05, 0.1) is 12.4 Å². The number of aromatic nitrogens is 4. The second-order valence-electron chi connectivity index (χ2n) is 8.13. The van der Waals surface area contributed by atoms with Crippen molar-refractivity contribution in [2.24, 2.45) is 0 Å². The lowest BCUT2D eigenvalue weighted by Crippen LogP contribution is -2.13. The Bertz CT molecular complexity index is 1340. The number of carbonyl (C=O) groups is 1. The highest BCUT2D eigenvalue weighted by Crippen LogP contribution is 2.33. The molecule has 1 saturated carbocycles. The van der Waals surface area contributed by atoms with Crippen molar-refractivity contribution in [2.45, 2.75) is 38.5 Å². The summed E-state index contributed by atoms with van der Waals surface area (Å²) < 4.78 is 1.78. The average Bonchev–Trinajstić information content (AvgIpc) is 3.49. The van der Waals surface area contributed by atoms with Crippen LogP contribution in [0.1, 0.15) is 64.3 Å². The van der Waals surface area contributed by atoms with E-state index in [-0.39, 0.29) is 5.91 Å². The van der Waals surface area contributed by atoms with Gasteiger partial charge in [-0.1, -0.05) is 30.9 Å². The maximum absolute atomic E-state index is 12.6. The zero-order valence-electron chi connectivity index (χ0n) is 17.9. The predicted octanol–water partition coefficient (Wildman–Crippen LogP) is 4.74. The normalized spacial score (nSPS) is 13.7. The van der Waals surface area contributed by atoms with E-state index in [1.807, 2.05) is 25.3 Å². The first-order chi connectivity index (χ1) is 15.7. The van der Waals surface area contributed by atoms with Crippen LogP contribution < -0.4 is 5.32 Å². The van der Waals surface area contributed by atoms with Crippen LogP contribution in [0.25, 0.3) is 5.65 Å². The minimum atomic E-state index is -0.220. The standard InChI is InChI=1S/C26H23N5O/c1-18-9-10-21(26(32)30-24-8-4-5-13-27-24)14-20(18)11-12-23-17-28-25-15-22(16-29-31(23)25)19-6-2-3-7-19/h4-5,8-10,13-17,19H,2-3,6-7H2,1H3,(H,27,30,32). The molecule has 0 bridgehead atoms. The third kappa shape index (κ3) is 4.10. The van der Waals surface area contributed by atoms with Gasteiger partial charge in [0.1, 0.15) is 11.5 Å². The minimum absolute atomic E-state index is 0.220. The van der Waals surface area contributed by atoms with E-state index >= 15 is 0 Å². The molecule has 0 unspecified atom stereocenters. The van der Waals surface area contributed by atoms with Crippen molar-refractivity contribution in [3.8, 4) is 11.8 Å². The minimum Gasteiger partial charge on any atom is -0.307 e. The fourth-order valence-corrected chi connectivity index (χ4v) is 4.11. The van der Waals surface area contributed by atoms with Gasteiger partial charge >= 0.3 is 0 Å². The number of rotatable bonds is 3. The van der Waals surface area contributed by atoms with Gasteiger partial charge in [-0.2, -0.15) is 5.10 Å². The van der Waals surface area contributed by atoms with Gasteiger partial charge in [-0.3, -0.25) is 4.79 Å². The molecule has 5 rings (SSSR count). The van der Waals surface area contributed by atoms with Crippen molar-refractivity contribution in [1.82, 2.24) is 19.6 Å². The number of nitrogens with one attached hydrogen (secondary N) is 1. The van der Waals surface area contributed by atoms with E-state index in [0.717, 1.165) is 22.5 Å². The lowest BCUT2D eigenvalue weighted by Gasteiger charge is -2.08. The molecule has 6 nitrogen and oxygen atoms in total. The summed E-state index contributed by atoms with van der Waals surface area (Å²) >= 11 is 0. The summed E-state index contributed by atoms with van der Waals surface area (Å²) in [6.45, 7) is 1.98. The Morgan fingerprint density at radius 2 is 1.94 bits per heavy atom. The number of fused-ring (bicyclic) bond motifs is 1. The summed E-state index contributed by atoms with van der Waals surface area (Å²) in [7, 11) is 0. The Balaban J connectivity index is 1.40. The van der Waals surface area contributed by atoms with Crippen molar-refractivity contribution < 1.29 is 4.79 Å². The number of benzene rings is 1. The van der Waals surface area contributed by atoms with E-state index in [4.69, 9.17) is 0 Å². The average molecular weight is 422 g/mol. The molecule has 1 aromatic carbocycles. The number of carbonyl (C=O) groups excluding carboxylic acids is 1. The van der Waals surface area contributed by atoms with Crippen LogP contribution in [0.2, 0.25) is 0 Å². The van der Waals surface area contributed by atoms with Crippen LogP contribution in [0.4, 0.5) is 5.82 Å². The molecular weight excluding hydrogens is 398 g/mol. The lowest BCUT2D eigenvalue weighted by atomic mass is 10.0. The van der Waals surface area contributed by atoms with Crippen molar-refractivity contribution in [2.75, 3.05) is 5.32 Å². The number of hydrogen-bond acceptors (Lipinski definition) is 4. The first-order valence-corrected chi connectivity index (χ1v) is 10.9. The Kier molecular flexibility index (Phi) is 5.39. The number of amides is 1. The van der Waals surface area contributed by atoms with E-state index in [2.05, 4.69) is 38.3 Å². The second kappa shape index (κ2) is 8.64. The Morgan fingerprint density at radius 1 is 1.06 bits per heavy atom. The number of hydrogen-bond donors (Lipinski definition) is 1. The van der Waals surface area contributed by atoms with Gasteiger partial charge in [-0.15, -0.1) is 0 Å². The molecular formula is C26H23N5O. The molecule has 3 aromatic heterocycles. The molecule has 1 amide bonds. The first kappa shape index (κ1) is 20.0. The van der Waals surface area contributed by atoms with Crippen LogP contribution in [0.3, 0.4) is 0 Å². The van der Waals surface area contributed by atoms with E-state index in [1.165, 1.54) is 31.2 Å². The molecule has 1 N–H and O–H groups in total. The van der Waals surface area contributed by atoms with Gasteiger partial charge in [-0.05, 0) is 73.1 Å². The van der Waals surface area contributed by atoms with Crippen LogP contribution >= 0.6 is 0 Å². The largest absolute Gasteiger partial charge is 0.307 e. The van der Waals surface area contributed by atoms with Crippen LogP contribution in [0.5, 0.6) is 0 Å². The summed E-state index contributed by atoms with van der Waals surface area (Å²) in [5.74, 6) is 7.26. The summed E-state index contributed by atoms with van der Waals surface area (Å²) in [5.41, 5.74) is 5.12. The maximum atomic E-state index is 12.6. The summed E-state index contributed by atoms with van der Waals surface area (Å²) in [4.78, 5) is 21.2. The summed E-state index contributed by atoms with van der Waals surface area (Å²) in [6.07, 6.45) is 10.4. The number of anilines is 1. The number of pyridine rings is 1. The molecule has 0 atom stereocenters. The fourth-order valence-electron chi connectivity index (χ4n) is 4.11. The molecule has 158 valence electrons. The van der Waals surface area contributed by atoms with Crippen LogP contribution in [0, 0.1) is 18.8 Å². The molecule has 1 aliphatic rings. The van der Waals surface area contributed by atoms with E-state index in [9.17, 15) is 4.79 Å². The molecule has 6 heteroatoms. The highest BCUT2D eigenvalue weighted by Gasteiger charge is 2.18. The smallest absolute Gasteiger partial charge is 0.256 e. The summed E-state index contributed by atoms with van der Waals surface area (Å²) in [6, 6.07) is 13.0. The molecule has 32 heavy (non-hydrogen) atoms. The highest BCUT2D eigenvalue weighted by atomic mass is 16.1. The van der Waals surface area contributed by atoms with Crippen molar-refractivity contribution in [1.29, 1.82) is 0 Å². The zero-order chi connectivity index (χ0) is 21.9. The SMILES string of the molecule is Cc1ccc(C(=O)Nc2ccccn2)cc1C#Cc1cnc2cc(C3CCCC3)cnn12. The number of aryl methyl sites for hydroxylation is 1. The quantitative estimate of drug-likeness (QED) is 0.485. The number of imidazole rings is 1. The first-order valence-electron chi connectivity index (χ1n) is 10.9. The second-order valence-corrected chi connectivity index (χ2v) is 8.13. The van der Waals surface area contributed by atoms with Gasteiger partial charge in [0.15, 0.2) is 5.65 Å². The molecule has 4 aromatic rings. The van der Waals surface area contributed by atoms with Gasteiger partial charge in [0.25, 0.3) is 5.91 Å². The van der Waals surface area contributed by atoms with Gasteiger partial charge < -0.3 is 5.32 Å². The third-order valence-corrected chi connectivity index (χ3v) is 5.94. The Hall–Kier alpha value is -3.98. The molecule has 0 aliphatic heterocycles. The van der Waals surface area contributed by atoms with Gasteiger partial charge in [-0.25, -0.2) is 14.5 Å². The van der Waals surface area contributed by atoms with Crippen molar-refractivity contribution in [3.05, 3.63) is 89.0 Å². The van der Waals surface area contributed by atoms with Crippen LogP contribution in [-0.2, 0) is 0 Å². The Morgan fingerprint density at radius 3 is 2.75 bits per heavy atom. The lowest BCUT2D eigenvalue weighted by molar-refractivity contribution is 0.102. The van der Waals surface area contributed by atoms with Crippen molar-refractivity contribution in [3.63, 3.8) is 0 Å². The molecule has 1 aliphatic carbocycles. The molecule has 0 saturated heterocycles. The summed E-state index contributed by atoms with van der Waals surface area (Å²) in [5, 5.41) is 7.40.